The highest BCUT2D eigenvalue weighted by Crippen LogP contribution is 2.22. The van der Waals surface area contributed by atoms with Crippen LogP contribution in [0.3, 0.4) is 0 Å². The molecule has 1 aliphatic heterocycles. The van der Waals surface area contributed by atoms with Crippen LogP contribution >= 0.6 is 11.8 Å². The van der Waals surface area contributed by atoms with Crippen LogP contribution in [0.15, 0.2) is 40.4 Å². The van der Waals surface area contributed by atoms with E-state index >= 15 is 0 Å². The van der Waals surface area contributed by atoms with Crippen molar-refractivity contribution in [3.63, 3.8) is 0 Å². The van der Waals surface area contributed by atoms with E-state index in [1.165, 1.54) is 22.9 Å². The summed E-state index contributed by atoms with van der Waals surface area (Å²) in [7, 11) is 0. The molecule has 0 unspecified atom stereocenters. The Hall–Kier alpha value is -1.79. The quantitative estimate of drug-likeness (QED) is 0.429. The van der Waals surface area contributed by atoms with Gasteiger partial charge in [0.25, 0.3) is 5.56 Å². The third-order valence-electron chi connectivity index (χ3n) is 5.10. The van der Waals surface area contributed by atoms with Gasteiger partial charge in [0.1, 0.15) is 0 Å². The van der Waals surface area contributed by atoms with E-state index < -0.39 is 0 Å². The Bertz CT molecular complexity index is 761. The van der Waals surface area contributed by atoms with E-state index in [0.717, 1.165) is 62.9 Å². The Morgan fingerprint density at radius 1 is 1.07 bits per heavy atom. The van der Waals surface area contributed by atoms with Crippen LogP contribution in [0.5, 0.6) is 0 Å². The van der Waals surface area contributed by atoms with Gasteiger partial charge in [0.15, 0.2) is 5.16 Å². The van der Waals surface area contributed by atoms with Crippen molar-refractivity contribution < 1.29 is 0 Å². The second-order valence-corrected chi connectivity index (χ2v) is 8.07. The van der Waals surface area contributed by atoms with Crippen molar-refractivity contribution in [3.05, 3.63) is 51.9 Å². The molecule has 1 N–H and O–H groups in total. The molecule has 1 fully saturated rings. The van der Waals surface area contributed by atoms with Gasteiger partial charge in [0, 0.05) is 49.9 Å². The lowest BCUT2D eigenvalue weighted by Crippen LogP contribution is -2.46. The Morgan fingerprint density at radius 3 is 2.41 bits per heavy atom. The van der Waals surface area contributed by atoms with Gasteiger partial charge < -0.3 is 9.88 Å². The first-order chi connectivity index (χ1) is 13.2. The van der Waals surface area contributed by atoms with Crippen LogP contribution in [-0.4, -0.2) is 53.3 Å². The number of piperazine rings is 1. The normalized spacial score (nSPS) is 15.3. The highest BCUT2D eigenvalue weighted by atomic mass is 32.2. The van der Waals surface area contributed by atoms with Crippen LogP contribution in [0.1, 0.15) is 31.4 Å². The van der Waals surface area contributed by atoms with E-state index in [4.69, 9.17) is 0 Å². The number of nitrogens with zero attached hydrogens (tertiary/aromatic N) is 3. The molecule has 1 aromatic carbocycles. The summed E-state index contributed by atoms with van der Waals surface area (Å²) in [5.41, 5.74) is 4.19. The fourth-order valence-corrected chi connectivity index (χ4v) is 4.22. The van der Waals surface area contributed by atoms with Gasteiger partial charge in [0.2, 0.25) is 0 Å². The summed E-state index contributed by atoms with van der Waals surface area (Å²) in [5, 5.41) is 0.717. The maximum absolute atomic E-state index is 11.3. The Labute approximate surface area is 166 Å². The summed E-state index contributed by atoms with van der Waals surface area (Å²) in [4.78, 5) is 23.3. The third kappa shape index (κ3) is 5.84. The van der Waals surface area contributed by atoms with Gasteiger partial charge in [-0.05, 0) is 49.1 Å². The van der Waals surface area contributed by atoms with Crippen molar-refractivity contribution in [2.75, 3.05) is 43.4 Å². The van der Waals surface area contributed by atoms with E-state index in [0.29, 0.717) is 0 Å². The van der Waals surface area contributed by atoms with Crippen LogP contribution in [-0.2, 0) is 12.8 Å². The predicted molar refractivity (Wildman–Crippen MR) is 114 cm³/mol. The molecule has 0 aliphatic carbocycles. The van der Waals surface area contributed by atoms with Gasteiger partial charge in [-0.3, -0.25) is 9.69 Å². The lowest BCUT2D eigenvalue weighted by Gasteiger charge is -2.36. The molecule has 1 saturated heterocycles. The van der Waals surface area contributed by atoms with Crippen LogP contribution in [0.2, 0.25) is 0 Å². The highest BCUT2D eigenvalue weighted by Gasteiger charge is 2.17. The minimum Gasteiger partial charge on any atom is -0.369 e. The number of aromatic nitrogens is 2. The van der Waals surface area contributed by atoms with E-state index in [-0.39, 0.29) is 5.56 Å². The number of aryl methyl sites for hydroxylation is 2. The average Bonchev–Trinajstić information content (AvgIpc) is 2.71. The monoisotopic (exact) mass is 386 g/mol. The highest BCUT2D eigenvalue weighted by molar-refractivity contribution is 7.99. The van der Waals surface area contributed by atoms with Gasteiger partial charge in [-0.15, -0.1) is 0 Å². The summed E-state index contributed by atoms with van der Waals surface area (Å²) < 4.78 is 0. The fraction of sp³-hybridized carbons (Fsp3) is 0.524. The van der Waals surface area contributed by atoms with Crippen molar-refractivity contribution in [3.8, 4) is 0 Å². The summed E-state index contributed by atoms with van der Waals surface area (Å²) in [5.74, 6) is 0.978. The predicted octanol–water partition coefficient (Wildman–Crippen LogP) is 3.20. The SMILES string of the molecule is CCc1cc(CC)cc(N2CCN(CCCSc3nccc(=O)[nH]3)CC2)c1. The second-order valence-electron chi connectivity index (χ2n) is 6.98. The van der Waals surface area contributed by atoms with Crippen molar-refractivity contribution >= 4 is 17.4 Å². The smallest absolute Gasteiger partial charge is 0.251 e. The van der Waals surface area contributed by atoms with Crippen molar-refractivity contribution in [2.24, 2.45) is 0 Å². The van der Waals surface area contributed by atoms with E-state index in [1.807, 2.05) is 0 Å². The van der Waals surface area contributed by atoms with E-state index in [2.05, 4.69) is 51.8 Å². The van der Waals surface area contributed by atoms with Gasteiger partial charge >= 0.3 is 0 Å². The van der Waals surface area contributed by atoms with Crippen molar-refractivity contribution in [1.82, 2.24) is 14.9 Å². The number of rotatable bonds is 8. The standard InChI is InChI=1S/C21H30N4OS/c1-3-17-14-18(4-2)16-19(15-17)25-11-9-24(10-12-25)8-5-13-27-21-22-7-6-20(26)23-21/h6-7,14-16H,3-5,8-13H2,1-2H3,(H,22,23,26). The Kier molecular flexibility index (Phi) is 7.35. The number of H-pyrrole nitrogens is 1. The molecule has 3 rings (SSSR count). The first-order valence-corrected chi connectivity index (χ1v) is 10.9. The number of hydrogen-bond donors (Lipinski definition) is 1. The molecule has 0 radical (unpaired) electrons. The minimum absolute atomic E-state index is 0.0815. The summed E-state index contributed by atoms with van der Waals surface area (Å²) in [6.07, 6.45) is 4.87. The third-order valence-corrected chi connectivity index (χ3v) is 6.07. The van der Waals surface area contributed by atoms with Crippen LogP contribution < -0.4 is 10.5 Å². The van der Waals surface area contributed by atoms with E-state index in [9.17, 15) is 4.79 Å². The topological polar surface area (TPSA) is 52.2 Å². The number of benzene rings is 1. The van der Waals surface area contributed by atoms with Gasteiger partial charge in [-0.2, -0.15) is 0 Å². The number of aromatic amines is 1. The number of anilines is 1. The van der Waals surface area contributed by atoms with Crippen LogP contribution in [0, 0.1) is 0 Å². The van der Waals surface area contributed by atoms with Gasteiger partial charge in [-0.1, -0.05) is 31.7 Å². The molecule has 6 heteroatoms. The lowest BCUT2D eigenvalue weighted by atomic mass is 10.0. The zero-order valence-corrected chi connectivity index (χ0v) is 17.2. The molecular weight excluding hydrogens is 356 g/mol. The molecule has 2 aromatic rings. The van der Waals surface area contributed by atoms with Crippen LogP contribution in [0.4, 0.5) is 5.69 Å². The number of hydrogen-bond acceptors (Lipinski definition) is 5. The maximum Gasteiger partial charge on any atom is 0.251 e. The number of thioether (sulfide) groups is 1. The molecule has 0 bridgehead atoms. The second kappa shape index (κ2) is 9.95. The molecule has 5 nitrogen and oxygen atoms in total. The zero-order valence-electron chi connectivity index (χ0n) is 16.4. The fourth-order valence-electron chi connectivity index (χ4n) is 3.45. The van der Waals surface area contributed by atoms with E-state index in [1.54, 1.807) is 18.0 Å². The van der Waals surface area contributed by atoms with Gasteiger partial charge in [0.05, 0.1) is 0 Å². The molecule has 2 heterocycles. The first kappa shape index (κ1) is 20.0. The maximum atomic E-state index is 11.3. The molecule has 146 valence electrons. The molecule has 27 heavy (non-hydrogen) atoms. The average molecular weight is 387 g/mol. The molecule has 0 spiro atoms. The molecule has 1 aliphatic rings. The number of nitrogens with one attached hydrogen (secondary N) is 1. The molecule has 0 amide bonds. The first-order valence-electron chi connectivity index (χ1n) is 9.96. The molecular formula is C21H30N4OS. The van der Waals surface area contributed by atoms with Crippen molar-refractivity contribution in [1.29, 1.82) is 0 Å². The summed E-state index contributed by atoms with van der Waals surface area (Å²) >= 11 is 1.62. The molecule has 1 aromatic heterocycles. The van der Waals surface area contributed by atoms with Crippen molar-refractivity contribution in [2.45, 2.75) is 38.3 Å². The molecule has 0 atom stereocenters. The largest absolute Gasteiger partial charge is 0.369 e. The Balaban J connectivity index is 1.43. The van der Waals surface area contributed by atoms with Crippen LogP contribution in [0.25, 0.3) is 0 Å². The van der Waals surface area contributed by atoms with Gasteiger partial charge in [-0.25, -0.2) is 4.98 Å². The Morgan fingerprint density at radius 2 is 1.78 bits per heavy atom. The summed E-state index contributed by atoms with van der Waals surface area (Å²) in [6, 6.07) is 8.51. The lowest BCUT2D eigenvalue weighted by molar-refractivity contribution is 0.259. The molecule has 0 saturated carbocycles. The minimum atomic E-state index is -0.0815. The zero-order chi connectivity index (χ0) is 19.1. The summed E-state index contributed by atoms with van der Waals surface area (Å²) in [6.45, 7) is 9.98.